The highest BCUT2D eigenvalue weighted by molar-refractivity contribution is 7.09. The third-order valence-electron chi connectivity index (χ3n) is 5.72. The highest BCUT2D eigenvalue weighted by Gasteiger charge is 2.27. The summed E-state index contributed by atoms with van der Waals surface area (Å²) in [6.07, 6.45) is 1.93. The highest BCUT2D eigenvalue weighted by atomic mass is 32.1. The first-order chi connectivity index (χ1) is 15.1. The molecule has 0 saturated carbocycles. The molecule has 0 spiro atoms. The van der Waals surface area contributed by atoms with Crippen LogP contribution >= 0.6 is 11.5 Å². The van der Waals surface area contributed by atoms with Gasteiger partial charge < -0.3 is 9.47 Å². The quantitative estimate of drug-likeness (QED) is 0.451. The van der Waals surface area contributed by atoms with Gasteiger partial charge in [0.15, 0.2) is 0 Å². The van der Waals surface area contributed by atoms with Crippen LogP contribution in [0, 0.1) is 6.92 Å². The summed E-state index contributed by atoms with van der Waals surface area (Å²) in [5, 5.41) is 0. The van der Waals surface area contributed by atoms with Gasteiger partial charge in [0.05, 0.1) is 12.0 Å². The van der Waals surface area contributed by atoms with Gasteiger partial charge in [0.2, 0.25) is 5.88 Å². The number of methoxy groups -OCH3 is 1. The number of hydrogen-bond donors (Lipinski definition) is 1. The smallest absolute Gasteiger partial charge is 0.258 e. The molecule has 0 fully saturated rings. The zero-order chi connectivity index (χ0) is 21.4. The van der Waals surface area contributed by atoms with Crippen LogP contribution in [-0.2, 0) is 6.42 Å². The number of aromatic nitrogens is 2. The molecule has 2 heterocycles. The molecule has 1 aliphatic rings. The lowest BCUT2D eigenvalue weighted by Gasteiger charge is -2.16. The van der Waals surface area contributed by atoms with Crippen LogP contribution in [0.1, 0.15) is 29.3 Å². The number of pyridine rings is 1. The van der Waals surface area contributed by atoms with Crippen LogP contribution in [-0.4, -0.2) is 16.5 Å². The third-order valence-corrected chi connectivity index (χ3v) is 6.59. The van der Waals surface area contributed by atoms with Gasteiger partial charge in [0.1, 0.15) is 11.9 Å². The minimum absolute atomic E-state index is 0.0237. The maximum absolute atomic E-state index is 11.4. The molecule has 0 radical (unpaired) electrons. The Labute approximate surface area is 184 Å². The highest BCUT2D eigenvalue weighted by Crippen LogP contribution is 2.41. The Morgan fingerprint density at radius 3 is 2.61 bits per heavy atom. The van der Waals surface area contributed by atoms with Gasteiger partial charge in [-0.1, -0.05) is 29.7 Å². The van der Waals surface area contributed by atoms with Gasteiger partial charge in [-0.05, 0) is 72.4 Å². The number of nitrogens with zero attached hydrogens (tertiary/aromatic N) is 1. The number of aromatic amines is 1. The van der Waals surface area contributed by atoms with Crippen LogP contribution in [0.25, 0.3) is 21.6 Å². The van der Waals surface area contributed by atoms with Gasteiger partial charge in [0, 0.05) is 23.4 Å². The number of aryl methyl sites for hydroxylation is 1. The number of rotatable bonds is 5. The first-order valence-electron chi connectivity index (χ1n) is 10.2. The molecule has 1 atom stereocenters. The average Bonchev–Trinajstić information content (AvgIpc) is 3.41. The fourth-order valence-electron chi connectivity index (χ4n) is 4.21. The fourth-order valence-corrected chi connectivity index (χ4v) is 4.90. The Morgan fingerprint density at radius 2 is 1.90 bits per heavy atom. The molecular weight excluding hydrogens is 408 g/mol. The van der Waals surface area contributed by atoms with E-state index in [1.165, 1.54) is 28.2 Å². The molecule has 1 N–H and O–H groups in total. The second-order valence-electron chi connectivity index (χ2n) is 7.61. The first-order valence-corrected chi connectivity index (χ1v) is 11.0. The lowest BCUT2D eigenvalue weighted by molar-refractivity contribution is 0.207. The van der Waals surface area contributed by atoms with E-state index in [1.54, 1.807) is 13.2 Å². The predicted octanol–water partition coefficient (Wildman–Crippen LogP) is 5.55. The molecule has 0 saturated heterocycles. The number of benzene rings is 2. The summed E-state index contributed by atoms with van der Waals surface area (Å²) in [7, 11) is 1.64. The SMILES string of the molecule is COc1ccc(-c2cccc3c2CC[C@H]3Oc2ccc(-c3cc(=O)[nH]s3)cc2)c(C)n1. The van der Waals surface area contributed by atoms with Gasteiger partial charge in [-0.2, -0.15) is 0 Å². The first kappa shape index (κ1) is 19.6. The van der Waals surface area contributed by atoms with Crippen LogP contribution in [0.4, 0.5) is 0 Å². The van der Waals surface area contributed by atoms with Gasteiger partial charge in [0.25, 0.3) is 5.56 Å². The van der Waals surface area contributed by atoms with E-state index in [0.717, 1.165) is 40.3 Å². The molecule has 0 amide bonds. The molecule has 0 unspecified atom stereocenters. The normalized spacial score (nSPS) is 15.0. The molecule has 0 bridgehead atoms. The summed E-state index contributed by atoms with van der Waals surface area (Å²) in [5.41, 5.74) is 6.81. The fraction of sp³-hybridized carbons (Fsp3) is 0.200. The molecule has 31 heavy (non-hydrogen) atoms. The third kappa shape index (κ3) is 3.75. The van der Waals surface area contributed by atoms with Crippen LogP contribution in [0.5, 0.6) is 11.6 Å². The molecule has 156 valence electrons. The van der Waals surface area contributed by atoms with Crippen molar-refractivity contribution in [3.05, 3.63) is 87.8 Å². The molecule has 1 aliphatic carbocycles. The molecule has 5 rings (SSSR count). The summed E-state index contributed by atoms with van der Waals surface area (Å²) >= 11 is 1.34. The Balaban J connectivity index is 1.40. The maximum Gasteiger partial charge on any atom is 0.258 e. The zero-order valence-electron chi connectivity index (χ0n) is 17.3. The van der Waals surface area contributed by atoms with Crippen LogP contribution in [0.15, 0.2) is 65.5 Å². The van der Waals surface area contributed by atoms with E-state index in [-0.39, 0.29) is 11.7 Å². The Hall–Kier alpha value is -3.38. The van der Waals surface area contributed by atoms with E-state index in [1.807, 2.05) is 37.3 Å². The summed E-state index contributed by atoms with van der Waals surface area (Å²) in [6, 6.07) is 20.0. The summed E-state index contributed by atoms with van der Waals surface area (Å²) in [6.45, 7) is 2.02. The standard InChI is InChI=1S/C25H22N2O3S/c1-15-18(11-13-25(26-15)29-2)19-4-3-5-21-20(19)10-12-22(21)30-17-8-6-16(7-9-17)23-14-24(28)27-31-23/h3-9,11,13-14,22H,10,12H2,1-2H3,(H,27,28)/t22-/m1/s1. The van der Waals surface area contributed by atoms with Gasteiger partial charge in [-0.25, -0.2) is 4.98 Å². The van der Waals surface area contributed by atoms with Gasteiger partial charge in [-0.3, -0.25) is 9.17 Å². The van der Waals surface area contributed by atoms with E-state index in [0.29, 0.717) is 5.88 Å². The average molecular weight is 431 g/mol. The minimum Gasteiger partial charge on any atom is -0.486 e. The number of fused-ring (bicyclic) bond motifs is 1. The molecule has 2 aromatic carbocycles. The van der Waals surface area contributed by atoms with E-state index in [4.69, 9.17) is 9.47 Å². The topological polar surface area (TPSA) is 64.2 Å². The lowest BCUT2D eigenvalue weighted by atomic mass is 9.96. The number of hydrogen-bond acceptors (Lipinski definition) is 5. The van der Waals surface area contributed by atoms with Crippen LogP contribution < -0.4 is 15.0 Å². The van der Waals surface area contributed by atoms with E-state index in [2.05, 4.69) is 33.6 Å². The predicted molar refractivity (Wildman–Crippen MR) is 123 cm³/mol. The number of nitrogens with one attached hydrogen (secondary N) is 1. The Morgan fingerprint density at radius 1 is 1.06 bits per heavy atom. The van der Waals surface area contributed by atoms with Crippen molar-refractivity contribution in [2.24, 2.45) is 0 Å². The Kier molecular flexibility index (Phi) is 5.08. The van der Waals surface area contributed by atoms with Crippen molar-refractivity contribution in [2.45, 2.75) is 25.9 Å². The van der Waals surface area contributed by atoms with Crippen molar-refractivity contribution in [1.82, 2.24) is 9.36 Å². The summed E-state index contributed by atoms with van der Waals surface area (Å²) in [4.78, 5) is 16.8. The van der Waals surface area contributed by atoms with Gasteiger partial charge >= 0.3 is 0 Å². The van der Waals surface area contributed by atoms with Crippen molar-refractivity contribution >= 4 is 11.5 Å². The molecule has 2 aromatic heterocycles. The maximum atomic E-state index is 11.4. The van der Waals surface area contributed by atoms with Crippen molar-refractivity contribution in [3.63, 3.8) is 0 Å². The zero-order valence-corrected chi connectivity index (χ0v) is 18.2. The lowest BCUT2D eigenvalue weighted by Crippen LogP contribution is -2.03. The van der Waals surface area contributed by atoms with Crippen LogP contribution in [0.3, 0.4) is 0 Å². The van der Waals surface area contributed by atoms with Crippen molar-refractivity contribution < 1.29 is 9.47 Å². The monoisotopic (exact) mass is 430 g/mol. The number of H-pyrrole nitrogens is 1. The second-order valence-corrected chi connectivity index (χ2v) is 8.45. The van der Waals surface area contributed by atoms with E-state index < -0.39 is 0 Å². The molecule has 0 aliphatic heterocycles. The van der Waals surface area contributed by atoms with Crippen molar-refractivity contribution in [1.29, 1.82) is 0 Å². The summed E-state index contributed by atoms with van der Waals surface area (Å²) < 4.78 is 14.3. The molecular formula is C25H22N2O3S. The van der Waals surface area contributed by atoms with Crippen molar-refractivity contribution in [2.75, 3.05) is 7.11 Å². The van der Waals surface area contributed by atoms with E-state index in [9.17, 15) is 4.79 Å². The molecule has 5 nitrogen and oxygen atoms in total. The summed E-state index contributed by atoms with van der Waals surface area (Å²) in [5.74, 6) is 1.46. The Bertz CT molecular complexity index is 1290. The van der Waals surface area contributed by atoms with E-state index >= 15 is 0 Å². The number of ether oxygens (including phenoxy) is 2. The van der Waals surface area contributed by atoms with Crippen molar-refractivity contribution in [3.8, 4) is 33.2 Å². The minimum atomic E-state index is -0.0685. The van der Waals surface area contributed by atoms with Gasteiger partial charge in [-0.15, -0.1) is 0 Å². The molecule has 6 heteroatoms. The molecule has 4 aromatic rings. The largest absolute Gasteiger partial charge is 0.486 e. The second kappa shape index (κ2) is 8.04. The van der Waals surface area contributed by atoms with Crippen LogP contribution in [0.2, 0.25) is 0 Å².